The van der Waals surface area contributed by atoms with Crippen molar-refractivity contribution in [2.24, 2.45) is 10.1 Å². The van der Waals surface area contributed by atoms with Gasteiger partial charge in [0.25, 0.3) is 0 Å². The third kappa shape index (κ3) is 2.39. The molecule has 8 heteroatoms. The summed E-state index contributed by atoms with van der Waals surface area (Å²) in [4.78, 5) is 17.5. The highest BCUT2D eigenvalue weighted by atomic mass is 35.5. The van der Waals surface area contributed by atoms with E-state index in [1.807, 2.05) is 0 Å². The van der Waals surface area contributed by atoms with Gasteiger partial charge in [-0.15, -0.1) is 0 Å². The van der Waals surface area contributed by atoms with E-state index < -0.39 is 17.8 Å². The van der Waals surface area contributed by atoms with Crippen LogP contribution in [0.4, 0.5) is 14.5 Å². The molecule has 0 fully saturated rings. The van der Waals surface area contributed by atoms with Crippen LogP contribution in [0.15, 0.2) is 40.4 Å². The van der Waals surface area contributed by atoms with Crippen molar-refractivity contribution in [3.8, 4) is 0 Å². The molecule has 2 aromatic carbocycles. The Bertz CT molecular complexity index is 969. The van der Waals surface area contributed by atoms with Crippen molar-refractivity contribution in [2.45, 2.75) is 13.1 Å². The van der Waals surface area contributed by atoms with Crippen molar-refractivity contribution in [2.75, 3.05) is 11.4 Å². The molecule has 5 nitrogen and oxygen atoms in total. The second kappa shape index (κ2) is 6.17. The number of nitrogens with zero attached hydrogens (tertiary/aromatic N) is 3. The molecule has 2 aliphatic rings. The monoisotopic (exact) mass is 374 g/mol. The first-order valence-corrected chi connectivity index (χ1v) is 8.25. The molecular formula is C18H13ClF2N4O. The number of rotatable bonds is 2. The molecule has 1 N–H and O–H groups in total. The Morgan fingerprint density at radius 1 is 1.23 bits per heavy atom. The van der Waals surface area contributed by atoms with Crippen molar-refractivity contribution in [3.05, 3.63) is 63.7 Å². The summed E-state index contributed by atoms with van der Waals surface area (Å²) in [7, 11) is 0. The summed E-state index contributed by atoms with van der Waals surface area (Å²) in [5.41, 5.74) is 4.18. The van der Waals surface area contributed by atoms with Crippen molar-refractivity contribution < 1.29 is 13.6 Å². The number of aliphatic imine (C=N–C) groups is 1. The first-order valence-electron chi connectivity index (χ1n) is 7.88. The Morgan fingerprint density at radius 3 is 2.65 bits per heavy atom. The van der Waals surface area contributed by atoms with E-state index in [0.29, 0.717) is 28.4 Å². The van der Waals surface area contributed by atoms with Crippen LogP contribution in [0.2, 0.25) is 5.02 Å². The van der Waals surface area contributed by atoms with Crippen molar-refractivity contribution in [1.82, 2.24) is 5.43 Å². The number of nitrogens with one attached hydrogen (secondary N) is 1. The lowest BCUT2D eigenvalue weighted by molar-refractivity contribution is -0.109. The number of fused-ring (bicyclic) bond motifs is 3. The van der Waals surface area contributed by atoms with Crippen molar-refractivity contribution >= 4 is 35.1 Å². The normalized spacial score (nSPS) is 18.3. The van der Waals surface area contributed by atoms with E-state index in [1.54, 1.807) is 24.0 Å². The number of amidine groups is 1. The summed E-state index contributed by atoms with van der Waals surface area (Å²) in [5.74, 6) is -1.00. The quantitative estimate of drug-likeness (QED) is 0.822. The van der Waals surface area contributed by atoms with Crippen LogP contribution in [0.1, 0.15) is 16.7 Å². The molecule has 0 saturated carbocycles. The molecule has 2 aromatic rings. The van der Waals surface area contributed by atoms with Crippen LogP contribution in [0.3, 0.4) is 0 Å². The van der Waals surface area contributed by atoms with Gasteiger partial charge in [0.2, 0.25) is 0 Å². The molecule has 0 bridgehead atoms. The van der Waals surface area contributed by atoms with Crippen molar-refractivity contribution in [3.63, 3.8) is 0 Å². The van der Waals surface area contributed by atoms with E-state index in [4.69, 9.17) is 11.6 Å². The number of aldehydes is 1. The van der Waals surface area contributed by atoms with Gasteiger partial charge < -0.3 is 0 Å². The predicted octanol–water partition coefficient (Wildman–Crippen LogP) is 3.03. The highest BCUT2D eigenvalue weighted by molar-refractivity contribution is 6.38. The maximum absolute atomic E-state index is 14.5. The molecule has 26 heavy (non-hydrogen) atoms. The van der Waals surface area contributed by atoms with Gasteiger partial charge in [-0.1, -0.05) is 23.7 Å². The number of aryl methyl sites for hydroxylation is 1. The van der Waals surface area contributed by atoms with E-state index >= 15 is 0 Å². The van der Waals surface area contributed by atoms with Crippen LogP contribution >= 0.6 is 11.6 Å². The van der Waals surface area contributed by atoms with Crippen LogP contribution < -0.4 is 10.3 Å². The first kappa shape index (κ1) is 16.7. The van der Waals surface area contributed by atoms with Crippen LogP contribution in [0.25, 0.3) is 0 Å². The van der Waals surface area contributed by atoms with Gasteiger partial charge >= 0.3 is 0 Å². The minimum absolute atomic E-state index is 0.0461. The van der Waals surface area contributed by atoms with Gasteiger partial charge in [0.1, 0.15) is 11.6 Å². The highest BCUT2D eigenvalue weighted by Gasteiger charge is 2.35. The summed E-state index contributed by atoms with van der Waals surface area (Å²) in [6.45, 7) is 1.84. The standard InChI is InChI=1S/C18H13ClF2N4O/c1-9-5-6-12-16(17(9)19)18(15-10(20)3-2-4-11(15)21)22-7-13-23-24-14(8-26)25(12)13/h2-6,8,14,24H,7H2,1H3. The Hall–Kier alpha value is -2.80. The maximum atomic E-state index is 14.5. The van der Waals surface area contributed by atoms with Gasteiger partial charge in [-0.05, 0) is 30.7 Å². The van der Waals surface area contributed by atoms with Gasteiger partial charge in [0, 0.05) is 5.56 Å². The summed E-state index contributed by atoms with van der Waals surface area (Å²) in [5, 5.41) is 4.44. The minimum Gasteiger partial charge on any atom is -0.299 e. The van der Waals surface area contributed by atoms with Gasteiger partial charge in [0.15, 0.2) is 18.3 Å². The predicted molar refractivity (Wildman–Crippen MR) is 96.0 cm³/mol. The summed E-state index contributed by atoms with van der Waals surface area (Å²) < 4.78 is 28.9. The van der Waals surface area contributed by atoms with Gasteiger partial charge in [-0.2, -0.15) is 5.10 Å². The van der Waals surface area contributed by atoms with Gasteiger partial charge in [-0.3, -0.25) is 20.1 Å². The van der Waals surface area contributed by atoms with E-state index in [0.717, 1.165) is 5.56 Å². The number of anilines is 1. The van der Waals surface area contributed by atoms with E-state index in [-0.39, 0.29) is 17.8 Å². The maximum Gasteiger partial charge on any atom is 0.177 e. The molecule has 0 saturated heterocycles. The molecule has 1 atom stereocenters. The molecule has 0 spiro atoms. The zero-order valence-electron chi connectivity index (χ0n) is 13.6. The lowest BCUT2D eigenvalue weighted by atomic mass is 9.97. The van der Waals surface area contributed by atoms with Gasteiger partial charge in [0.05, 0.1) is 28.5 Å². The fraction of sp³-hybridized carbons (Fsp3) is 0.167. The van der Waals surface area contributed by atoms with Crippen LogP contribution in [-0.4, -0.2) is 30.5 Å². The van der Waals surface area contributed by atoms with Gasteiger partial charge in [-0.25, -0.2) is 8.78 Å². The Balaban J connectivity index is 2.03. The fourth-order valence-electron chi connectivity index (χ4n) is 3.16. The molecule has 0 aliphatic carbocycles. The first-order chi connectivity index (χ1) is 12.5. The number of benzene rings is 2. The Labute approximate surface area is 153 Å². The van der Waals surface area contributed by atoms with Crippen LogP contribution in [-0.2, 0) is 4.79 Å². The zero-order chi connectivity index (χ0) is 18.4. The van der Waals surface area contributed by atoms with Crippen LogP contribution in [0, 0.1) is 18.6 Å². The summed E-state index contributed by atoms with van der Waals surface area (Å²) >= 11 is 6.51. The second-order valence-electron chi connectivity index (χ2n) is 5.96. The molecule has 4 rings (SSSR count). The molecule has 2 aliphatic heterocycles. The Morgan fingerprint density at radius 2 is 1.96 bits per heavy atom. The topological polar surface area (TPSA) is 57.1 Å². The smallest absolute Gasteiger partial charge is 0.177 e. The fourth-order valence-corrected chi connectivity index (χ4v) is 3.41. The second-order valence-corrected chi connectivity index (χ2v) is 6.34. The zero-order valence-corrected chi connectivity index (χ0v) is 14.4. The summed E-state index contributed by atoms with van der Waals surface area (Å²) in [6, 6.07) is 7.15. The molecule has 0 aromatic heterocycles. The Kier molecular flexibility index (Phi) is 3.96. The number of carbonyl (C=O) groups excluding carboxylic acids is 1. The molecule has 0 radical (unpaired) electrons. The highest BCUT2D eigenvalue weighted by Crippen LogP contribution is 2.37. The van der Waals surface area contributed by atoms with Crippen molar-refractivity contribution in [1.29, 1.82) is 0 Å². The number of hydrazone groups is 1. The molecule has 132 valence electrons. The third-order valence-electron chi connectivity index (χ3n) is 4.40. The van der Waals surface area contributed by atoms with E-state index in [2.05, 4.69) is 15.5 Å². The molecular weight excluding hydrogens is 362 g/mol. The largest absolute Gasteiger partial charge is 0.299 e. The minimum atomic E-state index is -0.735. The number of hydrogen-bond acceptors (Lipinski definition) is 5. The SMILES string of the molecule is Cc1ccc2c(c1Cl)C(c1c(F)cccc1F)=NCC1=NNC(C=O)N12. The average molecular weight is 375 g/mol. The molecule has 0 amide bonds. The average Bonchev–Trinajstić information content (AvgIpc) is 2.96. The summed E-state index contributed by atoms with van der Waals surface area (Å²) in [6.07, 6.45) is -0.0366. The molecule has 2 heterocycles. The number of halogens is 3. The number of hydrogen-bond donors (Lipinski definition) is 1. The van der Waals surface area contributed by atoms with Crippen LogP contribution in [0.5, 0.6) is 0 Å². The van der Waals surface area contributed by atoms with E-state index in [9.17, 15) is 13.6 Å². The van der Waals surface area contributed by atoms with E-state index in [1.165, 1.54) is 18.2 Å². The third-order valence-corrected chi connectivity index (χ3v) is 4.89. The number of carbonyl (C=O) groups is 1. The lowest BCUT2D eigenvalue weighted by Gasteiger charge is -2.25. The lowest BCUT2D eigenvalue weighted by Crippen LogP contribution is -2.42. The molecule has 1 unspecified atom stereocenters.